The van der Waals surface area contributed by atoms with Gasteiger partial charge in [-0.2, -0.15) is 13.5 Å². The summed E-state index contributed by atoms with van der Waals surface area (Å²) in [6.07, 6.45) is 3.40. The SMILES string of the molecule is O=C(O)C(C(=O)N[C@@H]1C(=O)N2C[C@@](C(=O)O)(N3CCN(N=CC=CCS(=O)(=O)O)C3=O)S[C@H]12)c1ccccc1. The molecule has 4 atom stereocenters. The van der Waals surface area contributed by atoms with Crippen LogP contribution in [0.25, 0.3) is 0 Å². The summed E-state index contributed by atoms with van der Waals surface area (Å²) in [4.78, 5) is 63.2. The van der Waals surface area contributed by atoms with Gasteiger partial charge < -0.3 is 20.4 Å². The number of allylic oxidation sites excluding steroid dienone is 1. The second-order valence-corrected chi connectivity index (χ2v) is 11.6. The molecule has 4 N–H and O–H groups in total. The van der Waals surface area contributed by atoms with E-state index in [0.717, 1.165) is 34.0 Å². The molecule has 1 aromatic carbocycles. The summed E-state index contributed by atoms with van der Waals surface area (Å²) in [5.41, 5.74) is 0.209. The van der Waals surface area contributed by atoms with Gasteiger partial charge in [0.05, 0.1) is 18.8 Å². The number of carbonyl (C=O) groups is 5. The number of aliphatic carboxylic acids is 2. The second kappa shape index (κ2) is 10.7. The van der Waals surface area contributed by atoms with Crippen LogP contribution < -0.4 is 5.32 Å². The summed E-state index contributed by atoms with van der Waals surface area (Å²) in [7, 11) is -4.21. The molecule has 39 heavy (non-hydrogen) atoms. The van der Waals surface area contributed by atoms with Crippen LogP contribution >= 0.6 is 11.8 Å². The average Bonchev–Trinajstić information content (AvgIpc) is 3.41. The van der Waals surface area contributed by atoms with Gasteiger partial charge in [0.2, 0.25) is 16.7 Å². The van der Waals surface area contributed by atoms with Crippen LogP contribution in [0, 0.1) is 0 Å². The number of fused-ring (bicyclic) bond motifs is 1. The van der Waals surface area contributed by atoms with Crippen molar-refractivity contribution in [3.63, 3.8) is 0 Å². The molecule has 3 fully saturated rings. The molecular formula is C22H23N5O10S2. The van der Waals surface area contributed by atoms with E-state index in [1.54, 1.807) is 18.2 Å². The molecule has 15 nitrogen and oxygen atoms in total. The number of thioether (sulfide) groups is 1. The molecule has 17 heteroatoms. The van der Waals surface area contributed by atoms with Gasteiger partial charge in [-0.15, -0.1) is 0 Å². The van der Waals surface area contributed by atoms with Gasteiger partial charge in [0, 0.05) is 12.8 Å². The van der Waals surface area contributed by atoms with Crippen LogP contribution in [-0.4, -0.2) is 116 Å². The Kier molecular flexibility index (Phi) is 7.67. The van der Waals surface area contributed by atoms with Crippen molar-refractivity contribution in [3.8, 4) is 0 Å². The maximum Gasteiger partial charge on any atom is 0.342 e. The molecule has 3 saturated heterocycles. The summed E-state index contributed by atoms with van der Waals surface area (Å²) in [5.74, 6) is -6.58. The van der Waals surface area contributed by atoms with Gasteiger partial charge in [-0.3, -0.25) is 23.8 Å². The highest BCUT2D eigenvalue weighted by atomic mass is 32.2. The van der Waals surface area contributed by atoms with Gasteiger partial charge in [0.1, 0.15) is 11.4 Å². The van der Waals surface area contributed by atoms with Gasteiger partial charge in [-0.25, -0.2) is 14.6 Å². The third kappa shape index (κ3) is 5.45. The number of benzene rings is 1. The first-order valence-corrected chi connectivity index (χ1v) is 13.9. The highest BCUT2D eigenvalue weighted by Gasteiger charge is 2.66. The fourth-order valence-electron chi connectivity index (χ4n) is 4.42. The first kappa shape index (κ1) is 28.1. The molecule has 4 amide bonds. The van der Waals surface area contributed by atoms with Crippen molar-refractivity contribution in [1.29, 1.82) is 0 Å². The van der Waals surface area contributed by atoms with Crippen molar-refractivity contribution in [3.05, 3.63) is 48.0 Å². The standard InChI is InChI=1S/C22H23N5O10S2/c28-16(14(19(30)31)13-6-2-1-3-7-13)24-15-17(29)25-12-22(20(32)33,38-18(15)25)26-9-10-27(21(26)34)23-8-4-5-11-39(35,36)37/h1-8,14-15,18H,9-12H2,(H,24,28)(H,30,31)(H,32,33)(H,35,36,37)/t14?,15-,18-,22-/m1/s1. The molecule has 3 aliphatic rings. The van der Waals surface area contributed by atoms with E-state index in [2.05, 4.69) is 10.4 Å². The molecule has 0 saturated carbocycles. The van der Waals surface area contributed by atoms with Crippen molar-refractivity contribution < 1.29 is 47.2 Å². The lowest BCUT2D eigenvalue weighted by atomic mass is 9.97. The number of urea groups is 1. The number of rotatable bonds is 10. The number of β-lactam (4-membered cyclic amide) rings is 1. The Bertz CT molecular complexity index is 1370. The Morgan fingerprint density at radius 1 is 1.18 bits per heavy atom. The summed E-state index contributed by atoms with van der Waals surface area (Å²) in [6, 6.07) is 5.76. The molecule has 3 heterocycles. The highest BCUT2D eigenvalue weighted by molar-refractivity contribution is 8.02. The summed E-state index contributed by atoms with van der Waals surface area (Å²) in [6.45, 7) is -0.403. The lowest BCUT2D eigenvalue weighted by Crippen LogP contribution is -2.68. The zero-order valence-corrected chi connectivity index (χ0v) is 21.6. The number of carboxylic acids is 2. The van der Waals surface area contributed by atoms with Crippen molar-refractivity contribution in [2.75, 3.05) is 25.4 Å². The number of amides is 4. The first-order valence-electron chi connectivity index (χ1n) is 11.4. The van der Waals surface area contributed by atoms with Crippen LogP contribution in [-0.2, 0) is 29.3 Å². The van der Waals surface area contributed by atoms with E-state index in [-0.39, 0.29) is 25.2 Å². The molecule has 0 spiro atoms. The monoisotopic (exact) mass is 581 g/mol. The molecule has 208 valence electrons. The van der Waals surface area contributed by atoms with Crippen LogP contribution in [0.4, 0.5) is 4.79 Å². The van der Waals surface area contributed by atoms with E-state index in [1.807, 2.05) is 0 Å². The Morgan fingerprint density at radius 2 is 1.87 bits per heavy atom. The van der Waals surface area contributed by atoms with Gasteiger partial charge in [-0.05, 0) is 11.6 Å². The molecule has 0 radical (unpaired) electrons. The van der Waals surface area contributed by atoms with Crippen LogP contribution in [0.3, 0.4) is 0 Å². The highest BCUT2D eigenvalue weighted by Crippen LogP contribution is 2.49. The second-order valence-electron chi connectivity index (χ2n) is 8.73. The maximum atomic E-state index is 13.0. The molecular weight excluding hydrogens is 558 g/mol. The van der Waals surface area contributed by atoms with Crippen LogP contribution in [0.1, 0.15) is 11.5 Å². The van der Waals surface area contributed by atoms with E-state index in [4.69, 9.17) is 4.55 Å². The Balaban J connectivity index is 1.46. The average molecular weight is 582 g/mol. The largest absolute Gasteiger partial charge is 0.480 e. The Morgan fingerprint density at radius 3 is 2.49 bits per heavy atom. The van der Waals surface area contributed by atoms with E-state index in [0.29, 0.717) is 0 Å². The predicted octanol–water partition coefficient (Wildman–Crippen LogP) is -0.797. The number of nitrogens with one attached hydrogen (secondary N) is 1. The molecule has 4 rings (SSSR count). The number of carboxylic acid groups (broad SMARTS) is 2. The number of carbonyl (C=O) groups excluding carboxylic acids is 3. The van der Waals surface area contributed by atoms with E-state index < -0.39 is 67.9 Å². The quantitative estimate of drug-likeness (QED) is 0.116. The smallest absolute Gasteiger partial charge is 0.342 e. The lowest BCUT2D eigenvalue weighted by molar-refractivity contribution is -0.153. The van der Waals surface area contributed by atoms with Crippen LogP contribution in [0.2, 0.25) is 0 Å². The van der Waals surface area contributed by atoms with Gasteiger partial charge >= 0.3 is 18.0 Å². The van der Waals surface area contributed by atoms with Crippen molar-refractivity contribution in [2.45, 2.75) is 22.2 Å². The minimum Gasteiger partial charge on any atom is -0.480 e. The Labute approximate surface area is 225 Å². The third-order valence-corrected chi connectivity index (χ3v) is 8.57. The molecule has 3 aliphatic heterocycles. The summed E-state index contributed by atoms with van der Waals surface area (Å²) in [5, 5.41) is 26.1. The van der Waals surface area contributed by atoms with Crippen molar-refractivity contribution in [1.82, 2.24) is 20.1 Å². The molecule has 1 aromatic rings. The molecule has 1 unspecified atom stereocenters. The van der Waals surface area contributed by atoms with Crippen LogP contribution in [0.5, 0.6) is 0 Å². The first-order chi connectivity index (χ1) is 18.4. The molecule has 0 bridgehead atoms. The van der Waals surface area contributed by atoms with E-state index in [1.165, 1.54) is 23.1 Å². The van der Waals surface area contributed by atoms with Crippen molar-refractivity contribution in [2.24, 2.45) is 5.10 Å². The molecule has 0 aromatic heterocycles. The number of nitrogens with zero attached hydrogens (tertiary/aromatic N) is 4. The normalized spacial score (nSPS) is 25.7. The fraction of sp³-hybridized carbons (Fsp3) is 0.364. The van der Waals surface area contributed by atoms with Crippen LogP contribution in [0.15, 0.2) is 47.6 Å². The number of hydrazone groups is 1. The van der Waals surface area contributed by atoms with E-state index >= 15 is 0 Å². The predicted molar refractivity (Wildman–Crippen MR) is 135 cm³/mol. The van der Waals surface area contributed by atoms with Gasteiger partial charge in [-0.1, -0.05) is 48.2 Å². The summed E-state index contributed by atoms with van der Waals surface area (Å²) >= 11 is 0.785. The number of hydrogen-bond donors (Lipinski definition) is 4. The zero-order chi connectivity index (χ0) is 28.5. The molecule has 0 aliphatic carbocycles. The topological polar surface area (TPSA) is 214 Å². The zero-order valence-electron chi connectivity index (χ0n) is 20.0. The van der Waals surface area contributed by atoms with Gasteiger partial charge in [0.15, 0.2) is 5.92 Å². The maximum absolute atomic E-state index is 13.0. The Hall–Kier alpha value is -3.96. The van der Waals surface area contributed by atoms with Crippen molar-refractivity contribution >= 4 is 57.9 Å². The minimum absolute atomic E-state index is 0.00715. The summed E-state index contributed by atoms with van der Waals surface area (Å²) < 4.78 is 30.2. The van der Waals surface area contributed by atoms with E-state index in [9.17, 15) is 42.6 Å². The third-order valence-electron chi connectivity index (χ3n) is 6.27. The number of hydrogen-bond acceptors (Lipinski definition) is 9. The van der Waals surface area contributed by atoms with Gasteiger partial charge in [0.25, 0.3) is 10.1 Å². The lowest BCUT2D eigenvalue weighted by Gasteiger charge is -2.41. The fourth-order valence-corrected chi connectivity index (χ4v) is 6.41. The minimum atomic E-state index is -4.21.